The first kappa shape index (κ1) is 19.3. The summed E-state index contributed by atoms with van der Waals surface area (Å²) in [5.41, 5.74) is 1.75. The summed E-state index contributed by atoms with van der Waals surface area (Å²) >= 11 is 0. The number of halogens is 1. The molecule has 1 aliphatic heterocycles. The van der Waals surface area contributed by atoms with Gasteiger partial charge in [-0.2, -0.15) is 0 Å². The van der Waals surface area contributed by atoms with Gasteiger partial charge in [0, 0.05) is 37.6 Å². The lowest BCUT2D eigenvalue weighted by Gasteiger charge is -2.34. The summed E-state index contributed by atoms with van der Waals surface area (Å²) in [4.78, 5) is 26.6. The van der Waals surface area contributed by atoms with Gasteiger partial charge >= 0.3 is 12.1 Å². The van der Waals surface area contributed by atoms with Gasteiger partial charge in [0.1, 0.15) is 0 Å². The molecule has 3 rings (SSSR count). The second kappa shape index (κ2) is 8.47. The summed E-state index contributed by atoms with van der Waals surface area (Å²) < 4.78 is 18.6. The van der Waals surface area contributed by atoms with Crippen molar-refractivity contribution in [3.05, 3.63) is 48.3 Å². The largest absolute Gasteiger partial charge is 0.492 e. The Bertz CT molecular complexity index is 852. The van der Waals surface area contributed by atoms with Crippen molar-refractivity contribution < 1.29 is 23.8 Å². The van der Waals surface area contributed by atoms with Crippen molar-refractivity contribution >= 4 is 29.2 Å². The van der Waals surface area contributed by atoms with Gasteiger partial charge in [-0.05, 0) is 36.4 Å². The van der Waals surface area contributed by atoms with Gasteiger partial charge in [-0.1, -0.05) is 6.07 Å². The van der Waals surface area contributed by atoms with Crippen molar-refractivity contribution in [1.29, 1.82) is 0 Å². The van der Waals surface area contributed by atoms with Crippen molar-refractivity contribution in [1.82, 2.24) is 4.90 Å². The number of benzene rings is 2. The van der Waals surface area contributed by atoms with Crippen LogP contribution in [0.5, 0.6) is 5.75 Å². The number of methoxy groups -OCH3 is 1. The van der Waals surface area contributed by atoms with Crippen LogP contribution < -0.4 is 20.3 Å². The number of urea groups is 1. The number of hydrogen-bond acceptors (Lipinski definition) is 4. The monoisotopic (exact) mass is 388 g/mol. The summed E-state index contributed by atoms with van der Waals surface area (Å²) in [5.74, 6) is -0.596. The number of nitrogens with zero attached hydrogens (tertiary/aromatic N) is 2. The van der Waals surface area contributed by atoms with Crippen LogP contribution in [-0.2, 0) is 0 Å². The number of hydrogen-bond donors (Lipinski definition) is 3. The predicted octanol–water partition coefficient (Wildman–Crippen LogP) is 3.28. The van der Waals surface area contributed by atoms with Crippen molar-refractivity contribution in [2.45, 2.75) is 0 Å². The van der Waals surface area contributed by atoms with Crippen LogP contribution in [0.4, 0.5) is 31.0 Å². The van der Waals surface area contributed by atoms with Crippen molar-refractivity contribution in [3.8, 4) is 5.75 Å². The fourth-order valence-electron chi connectivity index (χ4n) is 3.01. The van der Waals surface area contributed by atoms with Gasteiger partial charge in [-0.15, -0.1) is 0 Å². The number of carbonyl (C=O) groups excluding carboxylic acids is 1. The van der Waals surface area contributed by atoms with Crippen LogP contribution in [0.2, 0.25) is 0 Å². The number of nitrogens with one attached hydrogen (secondary N) is 2. The van der Waals surface area contributed by atoms with E-state index in [1.54, 1.807) is 18.2 Å². The molecule has 3 N–H and O–H groups in total. The van der Waals surface area contributed by atoms with E-state index < -0.39 is 17.9 Å². The van der Waals surface area contributed by atoms with Gasteiger partial charge in [0.15, 0.2) is 11.6 Å². The molecule has 3 amide bonds. The summed E-state index contributed by atoms with van der Waals surface area (Å²) in [6.45, 7) is 2.12. The van der Waals surface area contributed by atoms with E-state index in [0.29, 0.717) is 31.9 Å². The second-order valence-corrected chi connectivity index (χ2v) is 6.20. The standard InChI is InChI=1S/C19H21FN4O4/c1-28-17-15(20)3-2-4-16(17)22-18(25)21-13-5-7-14(8-6-13)23-9-11-24(12-10-23)19(26)27/h2-8H,9-12H2,1H3,(H,26,27)(H2,21,22,25). The highest BCUT2D eigenvalue weighted by atomic mass is 19.1. The van der Waals surface area contributed by atoms with E-state index in [4.69, 9.17) is 9.84 Å². The molecule has 2 aromatic rings. The van der Waals surface area contributed by atoms with Crippen molar-refractivity contribution in [2.24, 2.45) is 0 Å². The Morgan fingerprint density at radius 1 is 1.04 bits per heavy atom. The Kier molecular flexibility index (Phi) is 5.83. The van der Waals surface area contributed by atoms with Crippen LogP contribution in [0.15, 0.2) is 42.5 Å². The quantitative estimate of drug-likeness (QED) is 0.747. The number of piperazine rings is 1. The highest BCUT2D eigenvalue weighted by molar-refractivity contribution is 6.00. The second-order valence-electron chi connectivity index (χ2n) is 6.20. The minimum atomic E-state index is -0.903. The Morgan fingerprint density at radius 3 is 2.32 bits per heavy atom. The first-order valence-electron chi connectivity index (χ1n) is 8.71. The van der Waals surface area contributed by atoms with E-state index in [1.165, 1.54) is 24.1 Å². The van der Waals surface area contributed by atoms with E-state index >= 15 is 0 Å². The van der Waals surface area contributed by atoms with E-state index in [2.05, 4.69) is 15.5 Å². The lowest BCUT2D eigenvalue weighted by molar-refractivity contribution is 0.142. The molecule has 1 fully saturated rings. The summed E-state index contributed by atoms with van der Waals surface area (Å²) in [7, 11) is 1.33. The molecule has 0 unspecified atom stereocenters. The van der Waals surface area contributed by atoms with Crippen LogP contribution in [0.25, 0.3) is 0 Å². The molecule has 0 aliphatic carbocycles. The molecule has 0 atom stereocenters. The fourth-order valence-corrected chi connectivity index (χ4v) is 3.01. The zero-order valence-corrected chi connectivity index (χ0v) is 15.3. The minimum absolute atomic E-state index is 0.0338. The fraction of sp³-hybridized carbons (Fsp3) is 0.263. The number of carbonyl (C=O) groups is 2. The maximum Gasteiger partial charge on any atom is 0.407 e. The molecule has 148 valence electrons. The lowest BCUT2D eigenvalue weighted by Crippen LogP contribution is -2.48. The maximum absolute atomic E-state index is 13.7. The van der Waals surface area contributed by atoms with Crippen LogP contribution >= 0.6 is 0 Å². The van der Waals surface area contributed by atoms with E-state index in [9.17, 15) is 14.0 Å². The van der Waals surface area contributed by atoms with E-state index in [1.807, 2.05) is 12.1 Å². The molecule has 9 heteroatoms. The molecule has 8 nitrogen and oxygen atoms in total. The molecule has 2 aromatic carbocycles. The van der Waals surface area contributed by atoms with Crippen LogP contribution in [0.3, 0.4) is 0 Å². The number of carboxylic acid groups (broad SMARTS) is 1. The van der Waals surface area contributed by atoms with Crippen LogP contribution in [-0.4, -0.2) is 55.4 Å². The van der Waals surface area contributed by atoms with Gasteiger partial charge in [0.25, 0.3) is 0 Å². The Hall–Kier alpha value is -3.49. The van der Waals surface area contributed by atoms with Crippen LogP contribution in [0, 0.1) is 5.82 Å². The van der Waals surface area contributed by atoms with Gasteiger partial charge in [-0.3, -0.25) is 0 Å². The molecule has 0 spiro atoms. The molecule has 0 bridgehead atoms. The number of para-hydroxylation sites is 1. The highest BCUT2D eigenvalue weighted by Gasteiger charge is 2.20. The number of rotatable bonds is 4. The summed E-state index contributed by atoms with van der Waals surface area (Å²) in [5, 5.41) is 14.2. The Morgan fingerprint density at radius 2 is 1.71 bits per heavy atom. The smallest absolute Gasteiger partial charge is 0.407 e. The van der Waals surface area contributed by atoms with E-state index in [-0.39, 0.29) is 11.4 Å². The molecule has 0 radical (unpaired) electrons. The van der Waals surface area contributed by atoms with Crippen molar-refractivity contribution in [3.63, 3.8) is 0 Å². The molecule has 1 saturated heterocycles. The van der Waals surface area contributed by atoms with Gasteiger partial charge < -0.3 is 30.3 Å². The molecule has 1 aliphatic rings. The third-order valence-corrected chi connectivity index (χ3v) is 4.46. The molecule has 0 saturated carbocycles. The summed E-state index contributed by atoms with van der Waals surface area (Å²) in [6, 6.07) is 11.0. The number of ether oxygens (including phenoxy) is 1. The number of amides is 3. The normalized spacial score (nSPS) is 13.8. The average molecular weight is 388 g/mol. The molecular weight excluding hydrogens is 367 g/mol. The van der Waals surface area contributed by atoms with Crippen LogP contribution in [0.1, 0.15) is 0 Å². The Labute approximate surface area is 161 Å². The number of anilines is 3. The van der Waals surface area contributed by atoms with Gasteiger partial charge in [-0.25, -0.2) is 14.0 Å². The third kappa shape index (κ3) is 4.43. The zero-order valence-electron chi connectivity index (χ0n) is 15.3. The minimum Gasteiger partial charge on any atom is -0.492 e. The molecule has 0 aromatic heterocycles. The molecular formula is C19H21FN4O4. The predicted molar refractivity (Wildman–Crippen MR) is 104 cm³/mol. The van der Waals surface area contributed by atoms with E-state index in [0.717, 1.165) is 5.69 Å². The van der Waals surface area contributed by atoms with Gasteiger partial charge in [0.05, 0.1) is 12.8 Å². The molecule has 1 heterocycles. The van der Waals surface area contributed by atoms with Crippen molar-refractivity contribution in [2.75, 3.05) is 48.8 Å². The zero-order chi connectivity index (χ0) is 20.1. The first-order valence-corrected chi connectivity index (χ1v) is 8.71. The Balaban J connectivity index is 1.58. The third-order valence-electron chi connectivity index (χ3n) is 4.46. The average Bonchev–Trinajstić information content (AvgIpc) is 2.69. The first-order chi connectivity index (χ1) is 13.5. The van der Waals surface area contributed by atoms with Gasteiger partial charge in [0.2, 0.25) is 0 Å². The summed E-state index contributed by atoms with van der Waals surface area (Å²) in [6.07, 6.45) is -0.903. The topological polar surface area (TPSA) is 94.1 Å². The SMILES string of the molecule is COc1c(F)cccc1NC(=O)Nc1ccc(N2CCN(C(=O)O)CC2)cc1. The lowest BCUT2D eigenvalue weighted by atomic mass is 10.2. The molecule has 28 heavy (non-hydrogen) atoms. The maximum atomic E-state index is 13.7. The highest BCUT2D eigenvalue weighted by Crippen LogP contribution is 2.27.